The van der Waals surface area contributed by atoms with Crippen LogP contribution in [-0.4, -0.2) is 43.0 Å². The van der Waals surface area contributed by atoms with Crippen molar-refractivity contribution in [2.75, 3.05) is 26.2 Å². The van der Waals surface area contributed by atoms with Crippen molar-refractivity contribution >= 4 is 5.84 Å². The molecule has 14 heavy (non-hydrogen) atoms. The monoisotopic (exact) mass is 193 g/mol. The van der Waals surface area contributed by atoms with Crippen LogP contribution in [0.15, 0.2) is 4.99 Å². The second-order valence-corrected chi connectivity index (χ2v) is 4.82. The molecule has 0 aliphatic carbocycles. The van der Waals surface area contributed by atoms with E-state index in [1.54, 1.807) is 0 Å². The van der Waals surface area contributed by atoms with E-state index in [1.807, 2.05) is 0 Å². The quantitative estimate of drug-likeness (QED) is 0.669. The van der Waals surface area contributed by atoms with E-state index in [0.29, 0.717) is 6.04 Å². The lowest BCUT2D eigenvalue weighted by Crippen LogP contribution is -2.57. The predicted octanol–water partition coefficient (Wildman–Crippen LogP) is 0.862. The first-order chi connectivity index (χ1) is 6.92. The summed E-state index contributed by atoms with van der Waals surface area (Å²) in [6.45, 7) is 4.96. The SMILES string of the molecule is C1CN=C(NC2CN3CCC2CC3)C1. The van der Waals surface area contributed by atoms with E-state index in [2.05, 4.69) is 15.2 Å². The molecule has 1 N–H and O–H groups in total. The zero-order valence-electron chi connectivity index (χ0n) is 8.71. The molecule has 0 aromatic heterocycles. The maximum atomic E-state index is 4.50. The summed E-state index contributed by atoms with van der Waals surface area (Å²) in [5.74, 6) is 2.20. The van der Waals surface area contributed by atoms with Crippen molar-refractivity contribution in [3.8, 4) is 0 Å². The van der Waals surface area contributed by atoms with E-state index in [1.165, 1.54) is 51.2 Å². The normalized spacial score (nSPS) is 41.1. The molecule has 4 aliphatic rings. The molecule has 0 spiro atoms. The molecule has 3 fully saturated rings. The lowest BCUT2D eigenvalue weighted by molar-refractivity contribution is 0.0811. The van der Waals surface area contributed by atoms with Gasteiger partial charge in [0.25, 0.3) is 0 Å². The molecule has 4 aliphatic heterocycles. The molecule has 0 saturated carbocycles. The van der Waals surface area contributed by atoms with E-state index < -0.39 is 0 Å². The molecule has 3 nitrogen and oxygen atoms in total. The van der Waals surface area contributed by atoms with Crippen molar-refractivity contribution in [2.24, 2.45) is 10.9 Å². The first-order valence-corrected chi connectivity index (χ1v) is 5.94. The third-order valence-corrected chi connectivity index (χ3v) is 3.88. The number of nitrogens with one attached hydrogen (secondary N) is 1. The summed E-state index contributed by atoms with van der Waals surface area (Å²) in [7, 11) is 0. The Morgan fingerprint density at radius 3 is 2.71 bits per heavy atom. The molecule has 0 radical (unpaired) electrons. The molecular weight excluding hydrogens is 174 g/mol. The minimum atomic E-state index is 0.703. The van der Waals surface area contributed by atoms with Gasteiger partial charge in [0.1, 0.15) is 0 Å². The van der Waals surface area contributed by atoms with Crippen LogP contribution in [0.3, 0.4) is 0 Å². The van der Waals surface area contributed by atoms with Crippen molar-refractivity contribution in [1.82, 2.24) is 10.2 Å². The van der Waals surface area contributed by atoms with Crippen LogP contribution < -0.4 is 5.32 Å². The van der Waals surface area contributed by atoms with Gasteiger partial charge in [-0.05, 0) is 38.3 Å². The maximum Gasteiger partial charge on any atom is 0.0966 e. The van der Waals surface area contributed by atoms with Gasteiger partial charge in [-0.1, -0.05) is 0 Å². The zero-order valence-corrected chi connectivity index (χ0v) is 8.71. The van der Waals surface area contributed by atoms with E-state index in [4.69, 9.17) is 0 Å². The van der Waals surface area contributed by atoms with Crippen LogP contribution in [0, 0.1) is 5.92 Å². The van der Waals surface area contributed by atoms with Crippen LogP contribution in [0.25, 0.3) is 0 Å². The van der Waals surface area contributed by atoms with Gasteiger partial charge in [0.2, 0.25) is 0 Å². The summed E-state index contributed by atoms with van der Waals surface area (Å²) < 4.78 is 0. The zero-order chi connectivity index (χ0) is 9.38. The summed E-state index contributed by atoms with van der Waals surface area (Å²) in [5, 5.41) is 3.66. The summed E-state index contributed by atoms with van der Waals surface area (Å²) in [5.41, 5.74) is 0. The van der Waals surface area contributed by atoms with Crippen LogP contribution in [0.2, 0.25) is 0 Å². The van der Waals surface area contributed by atoms with Crippen LogP contribution >= 0.6 is 0 Å². The maximum absolute atomic E-state index is 4.50. The van der Waals surface area contributed by atoms with Crippen LogP contribution in [-0.2, 0) is 0 Å². The van der Waals surface area contributed by atoms with Gasteiger partial charge in [-0.25, -0.2) is 0 Å². The van der Waals surface area contributed by atoms with Crippen molar-refractivity contribution in [1.29, 1.82) is 0 Å². The second-order valence-electron chi connectivity index (χ2n) is 4.82. The Balaban J connectivity index is 1.62. The summed E-state index contributed by atoms with van der Waals surface area (Å²) in [4.78, 5) is 7.09. The number of hydrogen-bond acceptors (Lipinski definition) is 3. The number of fused-ring (bicyclic) bond motifs is 3. The molecule has 3 saturated heterocycles. The fraction of sp³-hybridized carbons (Fsp3) is 0.909. The molecule has 4 rings (SSSR count). The Labute approximate surface area is 85.6 Å². The largest absolute Gasteiger partial charge is 0.370 e. The smallest absolute Gasteiger partial charge is 0.0966 e. The van der Waals surface area contributed by atoms with Gasteiger partial charge in [0.15, 0.2) is 0 Å². The second kappa shape index (κ2) is 3.54. The van der Waals surface area contributed by atoms with Gasteiger partial charge in [0.05, 0.1) is 5.84 Å². The Morgan fingerprint density at radius 1 is 1.29 bits per heavy atom. The molecule has 0 aromatic carbocycles. The minimum Gasteiger partial charge on any atom is -0.370 e. The van der Waals surface area contributed by atoms with Gasteiger partial charge < -0.3 is 10.2 Å². The highest BCUT2D eigenvalue weighted by molar-refractivity contribution is 5.83. The topological polar surface area (TPSA) is 27.6 Å². The first-order valence-electron chi connectivity index (χ1n) is 5.94. The standard InChI is InChI=1S/C11H19N3/c1-2-11(12-5-1)13-10-8-14-6-3-9(10)4-7-14/h9-10H,1-8H2,(H,12,13). The highest BCUT2D eigenvalue weighted by Gasteiger charge is 2.34. The average Bonchev–Trinajstić information content (AvgIpc) is 2.72. The van der Waals surface area contributed by atoms with Gasteiger partial charge in [-0.2, -0.15) is 0 Å². The minimum absolute atomic E-state index is 0.703. The molecule has 0 aromatic rings. The van der Waals surface area contributed by atoms with Gasteiger partial charge in [-0.3, -0.25) is 4.99 Å². The Bertz CT molecular complexity index is 241. The molecule has 1 atom stereocenters. The fourth-order valence-corrected chi connectivity index (χ4v) is 3.00. The summed E-state index contributed by atoms with van der Waals surface area (Å²) >= 11 is 0. The molecule has 2 bridgehead atoms. The molecule has 4 heterocycles. The lowest BCUT2D eigenvalue weighted by atomic mass is 9.84. The Morgan fingerprint density at radius 2 is 2.14 bits per heavy atom. The molecule has 0 amide bonds. The fourth-order valence-electron chi connectivity index (χ4n) is 3.00. The van der Waals surface area contributed by atoms with Crippen molar-refractivity contribution in [2.45, 2.75) is 31.7 Å². The van der Waals surface area contributed by atoms with E-state index in [-0.39, 0.29) is 0 Å². The van der Waals surface area contributed by atoms with E-state index >= 15 is 0 Å². The number of nitrogens with zero attached hydrogens (tertiary/aromatic N) is 2. The first kappa shape index (κ1) is 8.72. The third-order valence-electron chi connectivity index (χ3n) is 3.88. The van der Waals surface area contributed by atoms with E-state index in [9.17, 15) is 0 Å². The Kier molecular flexibility index (Phi) is 2.20. The summed E-state index contributed by atoms with van der Waals surface area (Å²) in [6.07, 6.45) is 5.22. The third kappa shape index (κ3) is 1.54. The van der Waals surface area contributed by atoms with Crippen molar-refractivity contribution < 1.29 is 0 Å². The average molecular weight is 193 g/mol. The number of piperidine rings is 3. The van der Waals surface area contributed by atoms with Crippen LogP contribution in [0.5, 0.6) is 0 Å². The predicted molar refractivity (Wildman–Crippen MR) is 57.6 cm³/mol. The van der Waals surface area contributed by atoms with Gasteiger partial charge in [-0.15, -0.1) is 0 Å². The number of rotatable bonds is 1. The van der Waals surface area contributed by atoms with E-state index in [0.717, 1.165) is 12.5 Å². The van der Waals surface area contributed by atoms with Crippen molar-refractivity contribution in [3.63, 3.8) is 0 Å². The highest BCUT2D eigenvalue weighted by Crippen LogP contribution is 2.27. The summed E-state index contributed by atoms with van der Waals surface area (Å²) in [6, 6.07) is 0.703. The lowest BCUT2D eigenvalue weighted by Gasteiger charge is -2.45. The Hall–Kier alpha value is -0.570. The molecular formula is C11H19N3. The van der Waals surface area contributed by atoms with Crippen LogP contribution in [0.1, 0.15) is 25.7 Å². The van der Waals surface area contributed by atoms with Gasteiger partial charge in [0, 0.05) is 25.6 Å². The van der Waals surface area contributed by atoms with Gasteiger partial charge >= 0.3 is 0 Å². The number of aliphatic imine (C=N–C) groups is 1. The molecule has 3 heteroatoms. The van der Waals surface area contributed by atoms with Crippen LogP contribution in [0.4, 0.5) is 0 Å². The molecule has 1 unspecified atom stereocenters. The highest BCUT2D eigenvalue weighted by atomic mass is 15.2. The number of hydrogen-bond donors (Lipinski definition) is 1. The molecule has 78 valence electrons. The number of amidine groups is 1. The van der Waals surface area contributed by atoms with Crippen molar-refractivity contribution in [3.05, 3.63) is 0 Å².